The molecule has 0 spiro atoms. The summed E-state index contributed by atoms with van der Waals surface area (Å²) in [5, 5.41) is 0. The monoisotopic (exact) mass is 288 g/mol. The molecule has 2 nitrogen and oxygen atoms in total. The Balaban J connectivity index is 2.31. The van der Waals surface area contributed by atoms with Gasteiger partial charge in [-0.05, 0) is 30.5 Å². The Kier molecular flexibility index (Phi) is 2.67. The molecule has 0 heterocycles. The molecule has 0 atom stereocenters. The van der Waals surface area contributed by atoms with Crippen molar-refractivity contribution < 1.29 is 8.42 Å². The molecule has 1 aliphatic carbocycles. The minimum Gasteiger partial charge on any atom is -0.229 e. The molecule has 2 rings (SSSR count). The molecule has 1 fully saturated rings. The lowest BCUT2D eigenvalue weighted by Gasteiger charge is -2.14. The van der Waals surface area contributed by atoms with Gasteiger partial charge in [-0.25, -0.2) is 8.42 Å². The van der Waals surface area contributed by atoms with Gasteiger partial charge in [-0.3, -0.25) is 0 Å². The summed E-state index contributed by atoms with van der Waals surface area (Å²) in [4.78, 5) is 0. The van der Waals surface area contributed by atoms with E-state index in [0.29, 0.717) is 0 Å². The first-order valence-corrected chi connectivity index (χ1v) is 7.70. The van der Waals surface area contributed by atoms with Crippen LogP contribution in [0.1, 0.15) is 18.4 Å². The zero-order chi connectivity index (χ0) is 11.1. The van der Waals surface area contributed by atoms with E-state index < -0.39 is 9.84 Å². The number of rotatable bonds is 3. The second kappa shape index (κ2) is 3.59. The van der Waals surface area contributed by atoms with E-state index in [1.165, 1.54) is 6.26 Å². The lowest BCUT2D eigenvalue weighted by Crippen LogP contribution is -2.19. The van der Waals surface area contributed by atoms with Gasteiger partial charge < -0.3 is 0 Å². The molecule has 1 aliphatic rings. The molecule has 0 amide bonds. The van der Waals surface area contributed by atoms with Gasteiger partial charge in [0.25, 0.3) is 0 Å². The van der Waals surface area contributed by atoms with Gasteiger partial charge in [-0.2, -0.15) is 0 Å². The topological polar surface area (TPSA) is 34.1 Å². The molecule has 4 heteroatoms. The Morgan fingerprint density at radius 2 is 2.07 bits per heavy atom. The Hall–Kier alpha value is -0.350. The first kappa shape index (κ1) is 11.1. The van der Waals surface area contributed by atoms with Gasteiger partial charge >= 0.3 is 0 Å². The van der Waals surface area contributed by atoms with Crippen LogP contribution in [0, 0.1) is 0 Å². The van der Waals surface area contributed by atoms with Gasteiger partial charge in [0.05, 0.1) is 5.75 Å². The molecule has 1 saturated carbocycles. The first-order chi connectivity index (χ1) is 6.91. The van der Waals surface area contributed by atoms with Crippen LogP contribution in [0.2, 0.25) is 0 Å². The lowest BCUT2D eigenvalue weighted by molar-refractivity contribution is 0.592. The molecular weight excluding hydrogens is 276 g/mol. The second-order valence-electron chi connectivity index (χ2n) is 4.36. The molecule has 0 saturated heterocycles. The molecule has 0 bridgehead atoms. The fourth-order valence-corrected chi connectivity index (χ4v) is 3.85. The van der Waals surface area contributed by atoms with Crippen molar-refractivity contribution >= 4 is 25.8 Å². The fraction of sp³-hybridized carbons (Fsp3) is 0.455. The second-order valence-corrected chi connectivity index (χ2v) is 7.42. The maximum absolute atomic E-state index is 11.3. The van der Waals surface area contributed by atoms with Crippen molar-refractivity contribution in [1.29, 1.82) is 0 Å². The van der Waals surface area contributed by atoms with Gasteiger partial charge in [-0.15, -0.1) is 0 Å². The normalized spacial score (nSPS) is 18.8. The van der Waals surface area contributed by atoms with Crippen molar-refractivity contribution in [2.45, 2.75) is 18.3 Å². The standard InChI is InChI=1S/C11H13BrO2S/c1-15(13,14)8-11(5-6-11)9-3-2-4-10(12)7-9/h2-4,7H,5-6,8H2,1H3. The zero-order valence-corrected chi connectivity index (χ0v) is 10.9. The number of sulfone groups is 1. The molecule has 0 aromatic heterocycles. The van der Waals surface area contributed by atoms with Crippen LogP contribution in [0.5, 0.6) is 0 Å². The molecule has 0 unspecified atom stereocenters. The van der Waals surface area contributed by atoms with E-state index >= 15 is 0 Å². The molecule has 82 valence electrons. The summed E-state index contributed by atoms with van der Waals surface area (Å²) in [5.74, 6) is 0.274. The summed E-state index contributed by atoms with van der Waals surface area (Å²) in [7, 11) is -2.90. The highest BCUT2D eigenvalue weighted by Gasteiger charge is 2.46. The van der Waals surface area contributed by atoms with Crippen molar-refractivity contribution in [3.63, 3.8) is 0 Å². The molecular formula is C11H13BrO2S. The van der Waals surface area contributed by atoms with Gasteiger partial charge in [0, 0.05) is 16.1 Å². The summed E-state index contributed by atoms with van der Waals surface area (Å²) >= 11 is 3.41. The minimum absolute atomic E-state index is 0.0998. The summed E-state index contributed by atoms with van der Waals surface area (Å²) in [5.41, 5.74) is 1.04. The van der Waals surface area contributed by atoms with Crippen LogP contribution >= 0.6 is 15.9 Å². The van der Waals surface area contributed by atoms with Crippen LogP contribution in [0.3, 0.4) is 0 Å². The first-order valence-electron chi connectivity index (χ1n) is 4.85. The summed E-state index contributed by atoms with van der Waals surface area (Å²) < 4.78 is 23.7. The zero-order valence-electron chi connectivity index (χ0n) is 8.53. The number of halogens is 1. The Morgan fingerprint density at radius 1 is 1.40 bits per heavy atom. The summed E-state index contributed by atoms with van der Waals surface area (Å²) in [6.45, 7) is 0. The Bertz CT molecular complexity index is 475. The predicted molar refractivity (Wildman–Crippen MR) is 64.8 cm³/mol. The average Bonchev–Trinajstić information content (AvgIpc) is 2.83. The van der Waals surface area contributed by atoms with Crippen molar-refractivity contribution in [1.82, 2.24) is 0 Å². The van der Waals surface area contributed by atoms with Crippen LogP contribution < -0.4 is 0 Å². The van der Waals surface area contributed by atoms with Crippen molar-refractivity contribution in [3.8, 4) is 0 Å². The Labute approximate surface area is 98.7 Å². The van der Waals surface area contributed by atoms with E-state index in [1.54, 1.807) is 0 Å². The van der Waals surface area contributed by atoms with E-state index in [0.717, 1.165) is 22.9 Å². The smallest absolute Gasteiger partial charge is 0.148 e. The van der Waals surface area contributed by atoms with Crippen LogP contribution in [-0.2, 0) is 15.3 Å². The predicted octanol–water partition coefficient (Wildman–Crippen LogP) is 2.53. The van der Waals surface area contributed by atoms with Crippen molar-refractivity contribution in [2.24, 2.45) is 0 Å². The maximum Gasteiger partial charge on any atom is 0.148 e. The molecule has 15 heavy (non-hydrogen) atoms. The highest BCUT2D eigenvalue weighted by molar-refractivity contribution is 9.10. The van der Waals surface area contributed by atoms with Gasteiger partial charge in [0.15, 0.2) is 0 Å². The van der Waals surface area contributed by atoms with E-state index in [9.17, 15) is 8.42 Å². The SMILES string of the molecule is CS(=O)(=O)CC1(c2cccc(Br)c2)CC1. The highest BCUT2D eigenvalue weighted by atomic mass is 79.9. The number of benzene rings is 1. The molecule has 1 aromatic rings. The summed E-state index contributed by atoms with van der Waals surface area (Å²) in [6.07, 6.45) is 3.28. The average molecular weight is 289 g/mol. The van der Waals surface area contributed by atoms with E-state index in [-0.39, 0.29) is 11.2 Å². The fourth-order valence-electron chi connectivity index (χ4n) is 1.99. The molecule has 0 radical (unpaired) electrons. The molecule has 1 aromatic carbocycles. The third-order valence-corrected chi connectivity index (χ3v) is 4.40. The third-order valence-electron chi connectivity index (χ3n) is 2.83. The minimum atomic E-state index is -2.90. The lowest BCUT2D eigenvalue weighted by atomic mass is 9.98. The van der Waals surface area contributed by atoms with Crippen molar-refractivity contribution in [3.05, 3.63) is 34.3 Å². The third kappa shape index (κ3) is 2.61. The number of hydrogen-bond donors (Lipinski definition) is 0. The highest BCUT2D eigenvalue weighted by Crippen LogP contribution is 2.49. The number of hydrogen-bond acceptors (Lipinski definition) is 2. The quantitative estimate of drug-likeness (QED) is 0.857. The van der Waals surface area contributed by atoms with Crippen molar-refractivity contribution in [2.75, 3.05) is 12.0 Å². The summed E-state index contributed by atoms with van der Waals surface area (Å²) in [6, 6.07) is 7.96. The molecule has 0 aliphatic heterocycles. The Morgan fingerprint density at radius 3 is 2.53 bits per heavy atom. The van der Waals surface area contributed by atoms with E-state index in [2.05, 4.69) is 15.9 Å². The van der Waals surface area contributed by atoms with Gasteiger partial charge in [-0.1, -0.05) is 28.1 Å². The van der Waals surface area contributed by atoms with Crippen LogP contribution in [0.4, 0.5) is 0 Å². The van der Waals surface area contributed by atoms with Crippen LogP contribution in [-0.4, -0.2) is 20.4 Å². The van der Waals surface area contributed by atoms with E-state index in [4.69, 9.17) is 0 Å². The van der Waals surface area contributed by atoms with Gasteiger partial charge in [0.1, 0.15) is 9.84 Å². The van der Waals surface area contributed by atoms with Gasteiger partial charge in [0.2, 0.25) is 0 Å². The maximum atomic E-state index is 11.3. The van der Waals surface area contributed by atoms with E-state index in [1.807, 2.05) is 24.3 Å². The largest absolute Gasteiger partial charge is 0.229 e. The van der Waals surface area contributed by atoms with Crippen LogP contribution in [0.15, 0.2) is 28.7 Å². The molecule has 0 N–H and O–H groups in total. The van der Waals surface area contributed by atoms with Crippen LogP contribution in [0.25, 0.3) is 0 Å².